The topological polar surface area (TPSA) is 17.8 Å². The van der Waals surface area contributed by atoms with Gasteiger partial charge in [-0.3, -0.25) is 4.57 Å². The highest BCUT2D eigenvalue weighted by molar-refractivity contribution is 6.41. The highest BCUT2D eigenvalue weighted by Gasteiger charge is 2.27. The van der Waals surface area contributed by atoms with Gasteiger partial charge >= 0.3 is 0 Å². The van der Waals surface area contributed by atoms with E-state index in [1.165, 1.54) is 76.4 Å². The molecule has 0 saturated heterocycles. The van der Waals surface area contributed by atoms with E-state index in [1.54, 1.807) is 0 Å². The van der Waals surface area contributed by atoms with Gasteiger partial charge in [0.1, 0.15) is 5.82 Å². The summed E-state index contributed by atoms with van der Waals surface area (Å²) < 4.78 is 2.38. The predicted octanol–water partition coefficient (Wildman–Crippen LogP) is 9.29. The van der Waals surface area contributed by atoms with E-state index in [-0.39, 0.29) is 0 Å². The molecule has 8 aromatic rings. The molecule has 1 aliphatic rings. The molecule has 9 rings (SSSR count). The van der Waals surface area contributed by atoms with E-state index in [2.05, 4.69) is 114 Å². The zero-order valence-electron chi connectivity index (χ0n) is 19.9. The van der Waals surface area contributed by atoms with Crippen LogP contribution in [0.3, 0.4) is 0 Å². The monoisotopic (exact) mass is 468 g/mol. The summed E-state index contributed by atoms with van der Waals surface area (Å²) in [6.07, 6.45) is 1.89. The number of aromatic nitrogens is 2. The van der Waals surface area contributed by atoms with Gasteiger partial charge in [-0.1, -0.05) is 91.0 Å². The molecule has 0 fully saturated rings. The normalized spacial score (nSPS) is 12.3. The first-order valence-corrected chi connectivity index (χ1v) is 12.7. The van der Waals surface area contributed by atoms with Crippen molar-refractivity contribution in [1.82, 2.24) is 9.55 Å². The van der Waals surface area contributed by atoms with Crippen molar-refractivity contribution in [2.75, 3.05) is 0 Å². The summed E-state index contributed by atoms with van der Waals surface area (Å²) in [4.78, 5) is 4.84. The van der Waals surface area contributed by atoms with Crippen LogP contribution in [-0.4, -0.2) is 9.55 Å². The van der Waals surface area contributed by atoms with Gasteiger partial charge in [0, 0.05) is 27.7 Å². The first-order valence-electron chi connectivity index (χ1n) is 12.7. The average molecular weight is 469 g/mol. The molecule has 170 valence electrons. The molecule has 6 aromatic carbocycles. The molecule has 0 bridgehead atoms. The van der Waals surface area contributed by atoms with Crippen molar-refractivity contribution in [2.24, 2.45) is 0 Å². The zero-order valence-corrected chi connectivity index (χ0v) is 19.9. The minimum atomic E-state index is 0.945. The molecule has 0 radical (unpaired) electrons. The Morgan fingerprint density at radius 3 is 2.00 bits per heavy atom. The van der Waals surface area contributed by atoms with Crippen molar-refractivity contribution in [2.45, 2.75) is 0 Å². The summed E-state index contributed by atoms with van der Waals surface area (Å²) in [6.45, 7) is 0. The quantitative estimate of drug-likeness (QED) is 0.220. The maximum Gasteiger partial charge on any atom is 0.137 e. The summed E-state index contributed by atoms with van der Waals surface area (Å²) in [5.41, 5.74) is 7.59. The standard InChI is InChI=1S/C35H20N2/c1-2-11-22-21(10-1)20-28-24-13-4-3-12-23(24)25-16-9-17-29-32(25)34-33(28)31(22)26-14-5-6-15-27(26)35(34)37(29)30-18-7-8-19-36-30/h1-20H. The molecule has 2 heterocycles. The number of hydrogen-bond acceptors (Lipinski definition) is 1. The summed E-state index contributed by atoms with van der Waals surface area (Å²) >= 11 is 0. The molecule has 0 saturated carbocycles. The van der Waals surface area contributed by atoms with E-state index in [0.717, 1.165) is 5.82 Å². The number of nitrogens with zero attached hydrogens (tertiary/aromatic N) is 2. The molecule has 1 aliphatic carbocycles. The van der Waals surface area contributed by atoms with Crippen molar-refractivity contribution in [1.29, 1.82) is 0 Å². The number of benzene rings is 6. The van der Waals surface area contributed by atoms with E-state index in [0.29, 0.717) is 0 Å². The Labute approximate surface area is 213 Å². The Bertz CT molecular complexity index is 2240. The molecule has 0 spiro atoms. The number of hydrogen-bond donors (Lipinski definition) is 0. The molecule has 2 heteroatoms. The van der Waals surface area contributed by atoms with Gasteiger partial charge in [-0.05, 0) is 68.1 Å². The first kappa shape index (κ1) is 19.3. The molecule has 37 heavy (non-hydrogen) atoms. The van der Waals surface area contributed by atoms with Crippen LogP contribution in [0.2, 0.25) is 0 Å². The minimum absolute atomic E-state index is 0.945. The number of rotatable bonds is 1. The third-order valence-corrected chi connectivity index (χ3v) is 8.13. The van der Waals surface area contributed by atoms with Gasteiger partial charge in [0.25, 0.3) is 0 Å². The zero-order chi connectivity index (χ0) is 24.1. The predicted molar refractivity (Wildman–Crippen MR) is 156 cm³/mol. The van der Waals surface area contributed by atoms with Crippen molar-refractivity contribution in [3.8, 4) is 28.1 Å². The molecule has 2 nitrogen and oxygen atoms in total. The molecular formula is C35H20N2. The lowest BCUT2D eigenvalue weighted by atomic mass is 9.88. The Balaban J connectivity index is 1.73. The number of pyridine rings is 1. The fourth-order valence-electron chi connectivity index (χ4n) is 6.75. The summed E-state index contributed by atoms with van der Waals surface area (Å²) in [5, 5.41) is 10.4. The summed E-state index contributed by atoms with van der Waals surface area (Å²) in [7, 11) is 0. The highest BCUT2D eigenvalue weighted by atomic mass is 15.1. The fraction of sp³-hybridized carbons (Fsp3) is 0. The van der Waals surface area contributed by atoms with Crippen molar-refractivity contribution in [3.05, 3.63) is 121 Å². The van der Waals surface area contributed by atoms with Crippen LogP contribution in [0.5, 0.6) is 0 Å². The average Bonchev–Trinajstić information content (AvgIpc) is 3.27. The van der Waals surface area contributed by atoms with E-state index in [1.807, 2.05) is 12.3 Å². The molecule has 2 aromatic heterocycles. The van der Waals surface area contributed by atoms with Crippen LogP contribution in [0.4, 0.5) is 0 Å². The second kappa shape index (κ2) is 6.83. The van der Waals surface area contributed by atoms with Crippen LogP contribution in [0.1, 0.15) is 0 Å². The first-order chi connectivity index (χ1) is 18.4. The molecule has 0 amide bonds. The fourth-order valence-corrected chi connectivity index (χ4v) is 6.75. The van der Waals surface area contributed by atoms with E-state index >= 15 is 0 Å². The second-order valence-corrected chi connectivity index (χ2v) is 9.93. The van der Waals surface area contributed by atoms with Crippen LogP contribution in [0.25, 0.3) is 82.2 Å². The van der Waals surface area contributed by atoms with Crippen molar-refractivity contribution >= 4 is 54.1 Å². The highest BCUT2D eigenvalue weighted by Crippen LogP contribution is 2.53. The lowest BCUT2D eigenvalue weighted by Crippen LogP contribution is -1.98. The van der Waals surface area contributed by atoms with Gasteiger partial charge in [0.2, 0.25) is 0 Å². The van der Waals surface area contributed by atoms with Crippen LogP contribution in [0, 0.1) is 0 Å². The molecular weight excluding hydrogens is 448 g/mol. The largest absolute Gasteiger partial charge is 0.293 e. The van der Waals surface area contributed by atoms with Gasteiger partial charge < -0.3 is 0 Å². The Morgan fingerprint density at radius 2 is 1.16 bits per heavy atom. The van der Waals surface area contributed by atoms with E-state index < -0.39 is 0 Å². The van der Waals surface area contributed by atoms with Crippen LogP contribution < -0.4 is 0 Å². The molecule has 0 N–H and O–H groups in total. The molecule has 0 atom stereocenters. The van der Waals surface area contributed by atoms with Gasteiger partial charge in [-0.2, -0.15) is 0 Å². The van der Waals surface area contributed by atoms with Gasteiger partial charge in [0.05, 0.1) is 11.0 Å². The lowest BCUT2D eigenvalue weighted by molar-refractivity contribution is 1.08. The van der Waals surface area contributed by atoms with Crippen molar-refractivity contribution < 1.29 is 0 Å². The third kappa shape index (κ3) is 2.33. The summed E-state index contributed by atoms with van der Waals surface area (Å²) in [6, 6.07) is 42.0. The smallest absolute Gasteiger partial charge is 0.137 e. The maximum absolute atomic E-state index is 4.84. The van der Waals surface area contributed by atoms with Crippen LogP contribution in [-0.2, 0) is 0 Å². The lowest BCUT2D eigenvalue weighted by Gasteiger charge is -2.17. The van der Waals surface area contributed by atoms with Crippen LogP contribution in [0.15, 0.2) is 121 Å². The van der Waals surface area contributed by atoms with E-state index in [9.17, 15) is 0 Å². The summed E-state index contributed by atoms with van der Waals surface area (Å²) in [5.74, 6) is 0.945. The minimum Gasteiger partial charge on any atom is -0.293 e. The Hall–Kier alpha value is -4.95. The molecule has 0 aliphatic heterocycles. The maximum atomic E-state index is 4.84. The SMILES string of the molecule is c1ccc(-n2c3cccc4c3c3c5c(cc6ccccc6c5c5ccccc5c32)-c2ccccc2-4)nc1. The third-order valence-electron chi connectivity index (χ3n) is 8.13. The second-order valence-electron chi connectivity index (χ2n) is 9.93. The van der Waals surface area contributed by atoms with Crippen molar-refractivity contribution in [3.63, 3.8) is 0 Å². The van der Waals surface area contributed by atoms with E-state index in [4.69, 9.17) is 4.98 Å². The number of fused-ring (bicyclic) bond motifs is 8. The van der Waals surface area contributed by atoms with Gasteiger partial charge in [-0.25, -0.2) is 4.98 Å². The Kier molecular flexibility index (Phi) is 3.56. The van der Waals surface area contributed by atoms with Crippen LogP contribution >= 0.6 is 0 Å². The Morgan fingerprint density at radius 1 is 0.459 bits per heavy atom. The van der Waals surface area contributed by atoms with Gasteiger partial charge in [0.15, 0.2) is 0 Å². The molecule has 0 unspecified atom stereocenters. The van der Waals surface area contributed by atoms with Gasteiger partial charge in [-0.15, -0.1) is 0 Å².